The quantitative estimate of drug-likeness (QED) is 0.742. The Bertz CT molecular complexity index is 678. The van der Waals surface area contributed by atoms with Gasteiger partial charge in [-0.2, -0.15) is 4.68 Å². The molecule has 0 spiro atoms. The van der Waals surface area contributed by atoms with E-state index in [1.54, 1.807) is 24.3 Å². The Morgan fingerprint density at radius 1 is 1.29 bits per heavy atom. The van der Waals surface area contributed by atoms with Crippen molar-refractivity contribution in [3.63, 3.8) is 0 Å². The molecule has 0 fully saturated rings. The van der Waals surface area contributed by atoms with Crippen molar-refractivity contribution in [2.24, 2.45) is 0 Å². The second-order valence-corrected chi connectivity index (χ2v) is 5.26. The Morgan fingerprint density at radius 2 is 1.90 bits per heavy atom. The molecule has 0 unspecified atom stereocenters. The number of nitrogens with two attached hydrogens (primary N) is 2. The second kappa shape index (κ2) is 5.92. The number of hydrogen-bond donors (Lipinski definition) is 3. The number of nitrogen functional groups attached to an aromatic ring is 2. The van der Waals surface area contributed by atoms with Gasteiger partial charge >= 0.3 is 0 Å². The fourth-order valence-corrected chi connectivity index (χ4v) is 2.32. The van der Waals surface area contributed by atoms with Crippen LogP contribution >= 0.6 is 12.2 Å². The minimum absolute atomic E-state index is 0.129. The van der Waals surface area contributed by atoms with Crippen LogP contribution in [0.1, 0.15) is 29.8 Å². The summed E-state index contributed by atoms with van der Waals surface area (Å²) in [4.78, 5) is 12.8. The standard InChI is InChI=1S/C14H17N5OS/c1-8(2)17-13(21)10-11(15)18-19(12(10)16)14(20)9-6-4-3-5-7-9/h3-8H,16H2,1-2H3,(H2,15,18)(H,17,21). The van der Waals surface area contributed by atoms with E-state index in [1.165, 1.54) is 0 Å². The number of thiocarbonyl (C=S) groups is 1. The lowest BCUT2D eigenvalue weighted by Crippen LogP contribution is -2.30. The zero-order chi connectivity index (χ0) is 15.6. The highest BCUT2D eigenvalue weighted by Crippen LogP contribution is 2.20. The molecule has 2 rings (SSSR count). The van der Waals surface area contributed by atoms with Crippen LogP contribution in [0.15, 0.2) is 30.3 Å². The lowest BCUT2D eigenvalue weighted by molar-refractivity contribution is 0.0948. The summed E-state index contributed by atoms with van der Waals surface area (Å²) in [6.45, 7) is 3.89. The van der Waals surface area contributed by atoms with Gasteiger partial charge in [-0.3, -0.25) is 4.79 Å². The molecule has 0 aliphatic heterocycles. The number of rotatable bonds is 3. The molecule has 0 atom stereocenters. The molecule has 0 bridgehead atoms. The van der Waals surface area contributed by atoms with Gasteiger partial charge in [0, 0.05) is 11.6 Å². The normalized spacial score (nSPS) is 10.6. The van der Waals surface area contributed by atoms with Crippen molar-refractivity contribution < 1.29 is 4.79 Å². The fraction of sp³-hybridized carbons (Fsp3) is 0.214. The summed E-state index contributed by atoms with van der Waals surface area (Å²) < 4.78 is 1.08. The van der Waals surface area contributed by atoms with Crippen LogP contribution in [-0.4, -0.2) is 26.7 Å². The third-order valence-electron chi connectivity index (χ3n) is 2.81. The molecule has 5 N–H and O–H groups in total. The van der Waals surface area contributed by atoms with Gasteiger partial charge in [0.15, 0.2) is 5.82 Å². The van der Waals surface area contributed by atoms with E-state index in [4.69, 9.17) is 23.7 Å². The molecule has 6 nitrogen and oxygen atoms in total. The van der Waals surface area contributed by atoms with Gasteiger partial charge in [-0.1, -0.05) is 30.4 Å². The number of benzene rings is 1. The van der Waals surface area contributed by atoms with Crippen molar-refractivity contribution in [3.05, 3.63) is 41.5 Å². The molecule has 110 valence electrons. The molecule has 7 heteroatoms. The summed E-state index contributed by atoms with van der Waals surface area (Å²) >= 11 is 5.25. The number of nitrogens with zero attached hydrogens (tertiary/aromatic N) is 2. The van der Waals surface area contributed by atoms with Crippen molar-refractivity contribution in [2.45, 2.75) is 19.9 Å². The van der Waals surface area contributed by atoms with Crippen LogP contribution in [0.4, 0.5) is 11.6 Å². The van der Waals surface area contributed by atoms with Gasteiger partial charge in [0.2, 0.25) is 0 Å². The van der Waals surface area contributed by atoms with Gasteiger partial charge in [-0.25, -0.2) is 0 Å². The molecule has 1 heterocycles. The van der Waals surface area contributed by atoms with E-state index in [1.807, 2.05) is 19.9 Å². The van der Waals surface area contributed by atoms with E-state index in [9.17, 15) is 4.79 Å². The molecule has 2 aromatic rings. The van der Waals surface area contributed by atoms with Crippen molar-refractivity contribution in [1.82, 2.24) is 15.1 Å². The maximum absolute atomic E-state index is 12.4. The summed E-state index contributed by atoms with van der Waals surface area (Å²) in [7, 11) is 0. The van der Waals surface area contributed by atoms with E-state index in [0.717, 1.165) is 4.68 Å². The summed E-state index contributed by atoms with van der Waals surface area (Å²) in [5.41, 5.74) is 12.7. The van der Waals surface area contributed by atoms with Crippen molar-refractivity contribution in [3.8, 4) is 0 Å². The Balaban J connectivity index is 2.40. The van der Waals surface area contributed by atoms with Crippen LogP contribution in [0.3, 0.4) is 0 Å². The minimum atomic E-state index is -0.349. The Kier molecular flexibility index (Phi) is 4.23. The SMILES string of the molecule is CC(C)NC(=S)c1c(N)nn(C(=O)c2ccccc2)c1N. The predicted molar refractivity (Wildman–Crippen MR) is 87.2 cm³/mol. The highest BCUT2D eigenvalue weighted by Gasteiger charge is 2.22. The molecule has 21 heavy (non-hydrogen) atoms. The number of carbonyl (C=O) groups excluding carboxylic acids is 1. The monoisotopic (exact) mass is 303 g/mol. The number of carbonyl (C=O) groups is 1. The largest absolute Gasteiger partial charge is 0.383 e. The Hall–Kier alpha value is -2.41. The highest BCUT2D eigenvalue weighted by molar-refractivity contribution is 7.80. The van der Waals surface area contributed by atoms with Gasteiger partial charge in [0.25, 0.3) is 5.91 Å². The van der Waals surface area contributed by atoms with E-state index in [0.29, 0.717) is 16.1 Å². The first kappa shape index (κ1) is 15.0. The third-order valence-corrected chi connectivity index (χ3v) is 3.13. The van der Waals surface area contributed by atoms with Gasteiger partial charge in [0.1, 0.15) is 10.8 Å². The molecule has 0 radical (unpaired) electrons. The average Bonchev–Trinajstić information content (AvgIpc) is 2.73. The van der Waals surface area contributed by atoms with E-state index < -0.39 is 0 Å². The number of hydrogen-bond acceptors (Lipinski definition) is 5. The van der Waals surface area contributed by atoms with Gasteiger partial charge < -0.3 is 16.8 Å². The summed E-state index contributed by atoms with van der Waals surface area (Å²) in [5.74, 6) is -0.0761. The highest BCUT2D eigenvalue weighted by atomic mass is 32.1. The van der Waals surface area contributed by atoms with Crippen molar-refractivity contribution >= 4 is 34.7 Å². The molecule has 0 saturated heterocycles. The first-order valence-electron chi connectivity index (χ1n) is 6.46. The van der Waals surface area contributed by atoms with Crippen LogP contribution in [0, 0.1) is 0 Å². The molecule has 1 aromatic carbocycles. The number of nitrogens with one attached hydrogen (secondary N) is 1. The summed E-state index contributed by atoms with van der Waals surface area (Å²) in [6, 6.07) is 8.85. The summed E-state index contributed by atoms with van der Waals surface area (Å²) in [5, 5.41) is 7.05. The van der Waals surface area contributed by atoms with Gasteiger partial charge in [0.05, 0.1) is 5.56 Å². The van der Waals surface area contributed by atoms with Crippen LogP contribution < -0.4 is 16.8 Å². The second-order valence-electron chi connectivity index (χ2n) is 4.86. The predicted octanol–water partition coefficient (Wildman–Crippen LogP) is 1.41. The average molecular weight is 303 g/mol. The smallest absolute Gasteiger partial charge is 0.280 e. The Morgan fingerprint density at radius 3 is 2.48 bits per heavy atom. The molecule has 0 aliphatic rings. The zero-order valence-corrected chi connectivity index (χ0v) is 12.6. The maximum atomic E-state index is 12.4. The zero-order valence-electron chi connectivity index (χ0n) is 11.8. The molecule has 1 aromatic heterocycles. The molecular formula is C14H17N5OS. The fourth-order valence-electron chi connectivity index (χ4n) is 1.87. The van der Waals surface area contributed by atoms with E-state index in [2.05, 4.69) is 10.4 Å². The summed E-state index contributed by atoms with van der Waals surface area (Å²) in [6.07, 6.45) is 0. The van der Waals surface area contributed by atoms with Gasteiger partial charge in [-0.15, -0.1) is 5.10 Å². The maximum Gasteiger partial charge on any atom is 0.280 e. The lowest BCUT2D eigenvalue weighted by atomic mass is 10.2. The molecule has 0 saturated carbocycles. The van der Waals surface area contributed by atoms with E-state index in [-0.39, 0.29) is 23.6 Å². The van der Waals surface area contributed by atoms with Crippen molar-refractivity contribution in [2.75, 3.05) is 11.5 Å². The van der Waals surface area contributed by atoms with Crippen LogP contribution in [0.2, 0.25) is 0 Å². The molecule has 0 aliphatic carbocycles. The first-order chi connectivity index (χ1) is 9.91. The number of anilines is 2. The van der Waals surface area contributed by atoms with Crippen LogP contribution in [-0.2, 0) is 0 Å². The Labute approximate surface area is 128 Å². The van der Waals surface area contributed by atoms with Crippen molar-refractivity contribution in [1.29, 1.82) is 0 Å². The van der Waals surface area contributed by atoms with Gasteiger partial charge in [-0.05, 0) is 26.0 Å². The third kappa shape index (κ3) is 3.03. The molecular weight excluding hydrogens is 286 g/mol. The topological polar surface area (TPSA) is 99.0 Å². The lowest BCUT2D eigenvalue weighted by Gasteiger charge is -2.11. The van der Waals surface area contributed by atoms with E-state index >= 15 is 0 Å². The van der Waals surface area contributed by atoms with Crippen LogP contribution in [0.5, 0.6) is 0 Å². The minimum Gasteiger partial charge on any atom is -0.383 e. The van der Waals surface area contributed by atoms with Crippen LogP contribution in [0.25, 0.3) is 0 Å². The number of aromatic nitrogens is 2. The first-order valence-corrected chi connectivity index (χ1v) is 6.87. The molecule has 0 amide bonds.